The van der Waals surface area contributed by atoms with Gasteiger partial charge in [0.2, 0.25) is 5.88 Å². The van der Waals surface area contributed by atoms with Crippen LogP contribution in [0.15, 0.2) is 67.3 Å². The number of para-hydroxylation sites is 1. The maximum Gasteiger partial charge on any atom is 0.219 e. The number of benzene rings is 1. The third kappa shape index (κ3) is 3.93. The van der Waals surface area contributed by atoms with Gasteiger partial charge in [0.05, 0.1) is 25.0 Å². The van der Waals surface area contributed by atoms with Gasteiger partial charge < -0.3 is 15.6 Å². The summed E-state index contributed by atoms with van der Waals surface area (Å²) in [5.74, 6) is 1.17. The second-order valence-corrected chi connectivity index (χ2v) is 6.35. The van der Waals surface area contributed by atoms with E-state index in [0.717, 1.165) is 22.4 Å². The summed E-state index contributed by atoms with van der Waals surface area (Å²) >= 11 is 0. The summed E-state index contributed by atoms with van der Waals surface area (Å²) in [6.45, 7) is 0.352. The number of nitrogens with zero attached hydrogens (tertiary/aromatic N) is 4. The van der Waals surface area contributed by atoms with E-state index in [1.807, 2.05) is 48.7 Å². The van der Waals surface area contributed by atoms with Crippen LogP contribution in [0.3, 0.4) is 0 Å². The van der Waals surface area contributed by atoms with Crippen LogP contribution < -0.4 is 10.5 Å². The molecule has 4 rings (SSSR count). The lowest BCUT2D eigenvalue weighted by atomic mass is 10.1. The summed E-state index contributed by atoms with van der Waals surface area (Å²) in [5.41, 5.74) is 9.40. The highest BCUT2D eigenvalue weighted by molar-refractivity contribution is 5.69. The molecule has 0 spiro atoms. The van der Waals surface area contributed by atoms with Crippen molar-refractivity contribution in [2.75, 3.05) is 6.61 Å². The summed E-state index contributed by atoms with van der Waals surface area (Å²) in [5, 5.41) is 20.3. The van der Waals surface area contributed by atoms with Crippen LogP contribution in [0.4, 0.5) is 0 Å². The number of rotatable bonds is 7. The highest BCUT2D eigenvalue weighted by Gasteiger charge is 2.11. The monoisotopic (exact) mass is 376 g/mol. The molecule has 0 saturated carbocycles. The highest BCUT2D eigenvalue weighted by Crippen LogP contribution is 2.32. The van der Waals surface area contributed by atoms with Gasteiger partial charge in [-0.3, -0.25) is 9.78 Å². The zero-order valence-corrected chi connectivity index (χ0v) is 15.1. The van der Waals surface area contributed by atoms with Crippen LogP contribution in [-0.2, 0) is 6.54 Å². The number of nitrogens with one attached hydrogen (secondary N) is 1. The van der Waals surface area contributed by atoms with Crippen molar-refractivity contribution < 1.29 is 9.84 Å². The zero-order chi connectivity index (χ0) is 19.3. The molecule has 0 aliphatic heterocycles. The molecular formula is C20H20N6O2. The number of H-pyrrole nitrogens is 1. The summed E-state index contributed by atoms with van der Waals surface area (Å²) in [7, 11) is 0. The van der Waals surface area contributed by atoms with Crippen molar-refractivity contribution in [3.63, 3.8) is 0 Å². The Balaban J connectivity index is 1.55. The number of aliphatic hydroxyl groups is 1. The second kappa shape index (κ2) is 8.03. The smallest absolute Gasteiger partial charge is 0.219 e. The molecule has 142 valence electrons. The number of ether oxygens (including phenoxy) is 1. The fraction of sp³-hybridized carbons (Fsp3) is 0.150. The Hall–Kier alpha value is -3.49. The van der Waals surface area contributed by atoms with Crippen LogP contribution in [0, 0.1) is 0 Å². The first-order valence-electron chi connectivity index (χ1n) is 8.85. The number of aromatic amines is 1. The van der Waals surface area contributed by atoms with E-state index in [1.54, 1.807) is 23.3 Å². The van der Waals surface area contributed by atoms with Gasteiger partial charge in [-0.25, -0.2) is 4.98 Å². The minimum atomic E-state index is -0.350. The fourth-order valence-corrected chi connectivity index (χ4v) is 2.82. The number of pyridine rings is 1. The van der Waals surface area contributed by atoms with Crippen LogP contribution in [0.2, 0.25) is 0 Å². The first-order chi connectivity index (χ1) is 13.7. The third-order valence-electron chi connectivity index (χ3n) is 4.25. The van der Waals surface area contributed by atoms with Crippen molar-refractivity contribution in [1.82, 2.24) is 25.0 Å². The molecule has 4 aromatic rings. The summed E-state index contributed by atoms with van der Waals surface area (Å²) < 4.78 is 7.72. The average Bonchev–Trinajstić information content (AvgIpc) is 3.41. The van der Waals surface area contributed by atoms with Gasteiger partial charge in [0.25, 0.3) is 0 Å². The zero-order valence-electron chi connectivity index (χ0n) is 15.1. The third-order valence-corrected chi connectivity index (χ3v) is 4.25. The minimum absolute atomic E-state index is 0.0882. The first-order valence-corrected chi connectivity index (χ1v) is 8.85. The largest absolute Gasteiger partial charge is 0.438 e. The number of aliphatic hydroxyl groups excluding tert-OH is 1. The molecule has 28 heavy (non-hydrogen) atoms. The van der Waals surface area contributed by atoms with Crippen molar-refractivity contribution in [2.45, 2.75) is 12.6 Å². The van der Waals surface area contributed by atoms with Gasteiger partial charge in [-0.05, 0) is 18.2 Å². The van der Waals surface area contributed by atoms with Crippen LogP contribution in [-0.4, -0.2) is 42.7 Å². The summed E-state index contributed by atoms with van der Waals surface area (Å²) in [6, 6.07) is 13.0. The molecule has 0 saturated heterocycles. The van der Waals surface area contributed by atoms with Crippen LogP contribution in [0.5, 0.6) is 11.6 Å². The lowest BCUT2D eigenvalue weighted by molar-refractivity contribution is 0.250. The molecule has 3 aromatic heterocycles. The molecule has 0 aliphatic carbocycles. The van der Waals surface area contributed by atoms with Gasteiger partial charge in [-0.2, -0.15) is 10.2 Å². The number of hydrogen-bond acceptors (Lipinski definition) is 6. The van der Waals surface area contributed by atoms with Crippen molar-refractivity contribution in [3.8, 4) is 34.0 Å². The van der Waals surface area contributed by atoms with E-state index in [4.69, 9.17) is 15.6 Å². The molecule has 1 unspecified atom stereocenters. The molecule has 8 nitrogen and oxygen atoms in total. The molecule has 0 amide bonds. The fourth-order valence-electron chi connectivity index (χ4n) is 2.82. The van der Waals surface area contributed by atoms with Crippen LogP contribution >= 0.6 is 0 Å². The van der Waals surface area contributed by atoms with Gasteiger partial charge in [0.1, 0.15) is 5.75 Å². The SMILES string of the molecule is NC(CO)Cn1cc(-c2ccccc2Oc2ccc(-c3ccn[nH]3)cn2)cn1. The maximum atomic E-state index is 9.11. The molecule has 0 bridgehead atoms. The number of hydrogen-bond donors (Lipinski definition) is 3. The van der Waals surface area contributed by atoms with Crippen molar-refractivity contribution in [3.05, 3.63) is 67.3 Å². The lowest BCUT2D eigenvalue weighted by Gasteiger charge is -2.10. The van der Waals surface area contributed by atoms with E-state index >= 15 is 0 Å². The molecule has 8 heteroatoms. The van der Waals surface area contributed by atoms with Crippen LogP contribution in [0.25, 0.3) is 22.4 Å². The number of aromatic nitrogens is 5. The Morgan fingerprint density at radius 2 is 2.00 bits per heavy atom. The molecule has 0 aliphatic rings. The van der Waals surface area contributed by atoms with Gasteiger partial charge in [0, 0.05) is 47.4 Å². The molecule has 1 atom stereocenters. The van der Waals surface area contributed by atoms with E-state index < -0.39 is 0 Å². The molecule has 3 heterocycles. The molecular weight excluding hydrogens is 356 g/mol. The molecule has 4 N–H and O–H groups in total. The Morgan fingerprint density at radius 3 is 2.75 bits per heavy atom. The van der Waals surface area contributed by atoms with Crippen molar-refractivity contribution >= 4 is 0 Å². The van der Waals surface area contributed by atoms with Gasteiger partial charge in [-0.1, -0.05) is 18.2 Å². The second-order valence-electron chi connectivity index (χ2n) is 6.35. The molecule has 1 aromatic carbocycles. The highest BCUT2D eigenvalue weighted by atomic mass is 16.5. The van der Waals surface area contributed by atoms with E-state index in [-0.39, 0.29) is 12.6 Å². The minimum Gasteiger partial charge on any atom is -0.438 e. The van der Waals surface area contributed by atoms with Gasteiger partial charge in [-0.15, -0.1) is 0 Å². The van der Waals surface area contributed by atoms with Gasteiger partial charge >= 0.3 is 0 Å². The maximum absolute atomic E-state index is 9.11. The Labute approximate surface area is 161 Å². The average molecular weight is 376 g/mol. The Bertz CT molecular complexity index is 1030. The Kier molecular flexibility index (Phi) is 5.14. The predicted molar refractivity (Wildman–Crippen MR) is 105 cm³/mol. The van der Waals surface area contributed by atoms with Crippen molar-refractivity contribution in [1.29, 1.82) is 0 Å². The summed E-state index contributed by atoms with van der Waals surface area (Å²) in [6.07, 6.45) is 7.07. The van der Waals surface area contributed by atoms with E-state index in [0.29, 0.717) is 18.2 Å². The van der Waals surface area contributed by atoms with Crippen molar-refractivity contribution in [2.24, 2.45) is 5.73 Å². The molecule has 0 radical (unpaired) electrons. The van der Waals surface area contributed by atoms with E-state index in [1.165, 1.54) is 0 Å². The lowest BCUT2D eigenvalue weighted by Crippen LogP contribution is -2.29. The molecule has 0 fully saturated rings. The topological polar surface area (TPSA) is 115 Å². The quantitative estimate of drug-likeness (QED) is 0.456. The predicted octanol–water partition coefficient (Wildman–Crippen LogP) is 2.45. The summed E-state index contributed by atoms with van der Waals surface area (Å²) in [4.78, 5) is 4.39. The standard InChI is InChI=1S/C20H20N6O2/c21-16(13-27)12-26-11-15(10-24-26)17-3-1-2-4-19(17)28-20-6-5-14(9-22-20)18-7-8-23-25-18/h1-11,16,27H,12-13,21H2,(H,23,25). The Morgan fingerprint density at radius 1 is 1.11 bits per heavy atom. The number of nitrogens with two attached hydrogens (primary N) is 1. The van der Waals surface area contributed by atoms with E-state index in [2.05, 4.69) is 20.3 Å². The van der Waals surface area contributed by atoms with E-state index in [9.17, 15) is 0 Å². The van der Waals surface area contributed by atoms with Crippen LogP contribution in [0.1, 0.15) is 0 Å². The normalized spacial score (nSPS) is 12.1. The first kappa shape index (κ1) is 17.9. The van der Waals surface area contributed by atoms with Gasteiger partial charge in [0.15, 0.2) is 0 Å².